The molecule has 1 fully saturated rings. The minimum atomic E-state index is -0.0667. The third kappa shape index (κ3) is 2.65. The summed E-state index contributed by atoms with van der Waals surface area (Å²) >= 11 is 3.23. The summed E-state index contributed by atoms with van der Waals surface area (Å²) in [4.78, 5) is 27.5. The summed E-state index contributed by atoms with van der Waals surface area (Å²) < 4.78 is 2.08. The van der Waals surface area contributed by atoms with Crippen molar-refractivity contribution in [2.45, 2.75) is 39.2 Å². The molecule has 1 aliphatic rings. The SMILES string of the molecule is Cc1ncn(CCC2CCCC2=O)c(=O)c1Br. The molecule has 0 spiro atoms. The lowest BCUT2D eigenvalue weighted by Gasteiger charge is -2.10. The van der Waals surface area contributed by atoms with Crippen LogP contribution in [0.4, 0.5) is 0 Å². The van der Waals surface area contributed by atoms with Crippen LogP contribution in [0, 0.1) is 12.8 Å². The first-order valence-corrected chi connectivity index (χ1v) is 6.63. The quantitative estimate of drug-likeness (QED) is 0.858. The summed E-state index contributed by atoms with van der Waals surface area (Å²) in [6, 6.07) is 0. The number of aromatic nitrogens is 2. The van der Waals surface area contributed by atoms with Gasteiger partial charge in [-0.15, -0.1) is 0 Å². The molecule has 2 rings (SSSR count). The summed E-state index contributed by atoms with van der Waals surface area (Å²) in [5.74, 6) is 0.485. The highest BCUT2D eigenvalue weighted by molar-refractivity contribution is 9.10. The second kappa shape index (κ2) is 5.12. The fraction of sp³-hybridized carbons (Fsp3) is 0.583. The van der Waals surface area contributed by atoms with Crippen LogP contribution in [0.5, 0.6) is 0 Å². The minimum absolute atomic E-state index is 0.0667. The molecular weight excluding hydrogens is 284 g/mol. The monoisotopic (exact) mass is 298 g/mol. The van der Waals surface area contributed by atoms with Gasteiger partial charge in [0.1, 0.15) is 10.3 Å². The Morgan fingerprint density at radius 1 is 1.53 bits per heavy atom. The van der Waals surface area contributed by atoms with Crippen molar-refractivity contribution in [3.8, 4) is 0 Å². The predicted molar refractivity (Wildman–Crippen MR) is 67.9 cm³/mol. The number of carbonyl (C=O) groups is 1. The Balaban J connectivity index is 2.07. The lowest BCUT2D eigenvalue weighted by Crippen LogP contribution is -2.23. The van der Waals surface area contributed by atoms with Gasteiger partial charge in [-0.3, -0.25) is 14.2 Å². The molecule has 4 nitrogen and oxygen atoms in total. The van der Waals surface area contributed by atoms with Crippen LogP contribution in [0.1, 0.15) is 31.4 Å². The molecule has 0 aliphatic heterocycles. The average molecular weight is 299 g/mol. The van der Waals surface area contributed by atoms with Crippen molar-refractivity contribution < 1.29 is 4.79 Å². The van der Waals surface area contributed by atoms with Gasteiger partial charge in [0.25, 0.3) is 5.56 Å². The molecule has 1 unspecified atom stereocenters. The summed E-state index contributed by atoms with van der Waals surface area (Å²) in [5.41, 5.74) is 0.631. The minimum Gasteiger partial charge on any atom is -0.299 e. The van der Waals surface area contributed by atoms with Crippen molar-refractivity contribution in [3.05, 3.63) is 26.8 Å². The zero-order valence-electron chi connectivity index (χ0n) is 9.78. The van der Waals surface area contributed by atoms with Crippen molar-refractivity contribution in [1.82, 2.24) is 9.55 Å². The molecule has 0 N–H and O–H groups in total. The first kappa shape index (κ1) is 12.5. The second-order valence-electron chi connectivity index (χ2n) is 4.49. The summed E-state index contributed by atoms with van der Waals surface area (Å²) in [6.45, 7) is 2.36. The average Bonchev–Trinajstić information content (AvgIpc) is 2.71. The Morgan fingerprint density at radius 2 is 2.29 bits per heavy atom. The highest BCUT2D eigenvalue weighted by atomic mass is 79.9. The van der Waals surface area contributed by atoms with Gasteiger partial charge in [0, 0.05) is 18.9 Å². The van der Waals surface area contributed by atoms with Crippen molar-refractivity contribution >= 4 is 21.7 Å². The van der Waals surface area contributed by atoms with Crippen LogP contribution in [0.15, 0.2) is 15.6 Å². The third-order valence-electron chi connectivity index (χ3n) is 3.31. The third-order valence-corrected chi connectivity index (χ3v) is 4.22. The number of carbonyl (C=O) groups excluding carboxylic acids is 1. The Bertz CT molecular complexity index is 496. The van der Waals surface area contributed by atoms with Crippen molar-refractivity contribution in [1.29, 1.82) is 0 Å². The standard InChI is InChI=1S/C12H15BrN2O2/c1-8-11(13)12(17)15(7-14-8)6-5-9-3-2-4-10(9)16/h7,9H,2-6H2,1H3. The van der Waals surface area contributed by atoms with E-state index >= 15 is 0 Å². The number of halogens is 1. The van der Waals surface area contributed by atoms with Crippen LogP contribution in [-0.4, -0.2) is 15.3 Å². The fourth-order valence-corrected chi connectivity index (χ4v) is 2.52. The van der Waals surface area contributed by atoms with Gasteiger partial charge < -0.3 is 0 Å². The van der Waals surface area contributed by atoms with Gasteiger partial charge in [-0.2, -0.15) is 0 Å². The van der Waals surface area contributed by atoms with E-state index in [1.165, 1.54) is 0 Å². The molecular formula is C12H15BrN2O2. The van der Waals surface area contributed by atoms with Crippen LogP contribution in [-0.2, 0) is 11.3 Å². The smallest absolute Gasteiger partial charge is 0.267 e. The molecule has 0 saturated heterocycles. The van der Waals surface area contributed by atoms with Crippen LogP contribution in [0.25, 0.3) is 0 Å². The Morgan fingerprint density at radius 3 is 2.94 bits per heavy atom. The van der Waals surface area contributed by atoms with Crippen LogP contribution >= 0.6 is 15.9 Å². The molecule has 0 amide bonds. The lowest BCUT2D eigenvalue weighted by molar-refractivity contribution is -0.120. The number of hydrogen-bond acceptors (Lipinski definition) is 3. The summed E-state index contributed by atoms with van der Waals surface area (Å²) in [5, 5.41) is 0. The highest BCUT2D eigenvalue weighted by Gasteiger charge is 2.24. The molecule has 92 valence electrons. The molecule has 1 aromatic rings. The number of Topliss-reactive ketones (excluding diaryl/α,β-unsaturated/α-hetero) is 1. The van der Waals surface area contributed by atoms with E-state index in [-0.39, 0.29) is 11.5 Å². The van der Waals surface area contributed by atoms with Crippen LogP contribution < -0.4 is 5.56 Å². The summed E-state index contributed by atoms with van der Waals surface area (Å²) in [6.07, 6.45) is 4.97. The van der Waals surface area contributed by atoms with E-state index in [9.17, 15) is 9.59 Å². The zero-order valence-corrected chi connectivity index (χ0v) is 11.4. The Hall–Kier alpha value is -0.970. The Labute approximate surface area is 108 Å². The van der Waals surface area contributed by atoms with Crippen LogP contribution in [0.2, 0.25) is 0 Å². The number of aryl methyl sites for hydroxylation is 2. The van der Waals surface area contributed by atoms with Crippen molar-refractivity contribution in [2.75, 3.05) is 0 Å². The first-order valence-electron chi connectivity index (χ1n) is 5.84. The predicted octanol–water partition coefficient (Wildman–Crippen LogP) is 2.07. The van der Waals surface area contributed by atoms with Gasteiger partial charge in [-0.1, -0.05) is 0 Å². The number of ketones is 1. The molecule has 17 heavy (non-hydrogen) atoms. The number of hydrogen-bond donors (Lipinski definition) is 0. The van der Waals surface area contributed by atoms with Gasteiger partial charge >= 0.3 is 0 Å². The zero-order chi connectivity index (χ0) is 12.4. The van der Waals surface area contributed by atoms with Gasteiger partial charge in [-0.25, -0.2) is 4.98 Å². The molecule has 1 aromatic heterocycles. The largest absolute Gasteiger partial charge is 0.299 e. The first-order chi connectivity index (χ1) is 8.09. The molecule has 0 radical (unpaired) electrons. The second-order valence-corrected chi connectivity index (χ2v) is 5.28. The molecule has 1 aliphatic carbocycles. The fourth-order valence-electron chi connectivity index (χ4n) is 2.19. The van der Waals surface area contributed by atoms with E-state index in [1.54, 1.807) is 17.8 Å². The van der Waals surface area contributed by atoms with Crippen molar-refractivity contribution in [2.24, 2.45) is 5.92 Å². The molecule has 1 saturated carbocycles. The topological polar surface area (TPSA) is 52.0 Å². The van der Waals surface area contributed by atoms with E-state index < -0.39 is 0 Å². The van der Waals surface area contributed by atoms with Gasteiger partial charge in [0.05, 0.1) is 12.0 Å². The number of nitrogens with zero attached hydrogens (tertiary/aromatic N) is 2. The molecule has 1 atom stereocenters. The molecule has 0 aromatic carbocycles. The maximum Gasteiger partial charge on any atom is 0.267 e. The van der Waals surface area contributed by atoms with E-state index in [4.69, 9.17) is 0 Å². The van der Waals surface area contributed by atoms with E-state index in [1.807, 2.05) is 0 Å². The maximum atomic E-state index is 11.9. The van der Waals surface area contributed by atoms with Gasteiger partial charge in [0.2, 0.25) is 0 Å². The lowest BCUT2D eigenvalue weighted by atomic mass is 10.0. The van der Waals surface area contributed by atoms with E-state index in [2.05, 4.69) is 20.9 Å². The van der Waals surface area contributed by atoms with Crippen LogP contribution in [0.3, 0.4) is 0 Å². The van der Waals surface area contributed by atoms with E-state index in [0.717, 1.165) is 19.3 Å². The van der Waals surface area contributed by atoms with Crippen molar-refractivity contribution in [3.63, 3.8) is 0 Å². The maximum absolute atomic E-state index is 11.9. The molecule has 0 bridgehead atoms. The normalized spacial score (nSPS) is 19.9. The molecule has 1 heterocycles. The summed E-state index contributed by atoms with van der Waals surface area (Å²) in [7, 11) is 0. The van der Waals surface area contributed by atoms with E-state index in [0.29, 0.717) is 28.9 Å². The highest BCUT2D eigenvalue weighted by Crippen LogP contribution is 2.24. The number of rotatable bonds is 3. The Kier molecular flexibility index (Phi) is 3.76. The molecule has 5 heteroatoms. The van der Waals surface area contributed by atoms with Gasteiger partial charge in [-0.05, 0) is 42.1 Å². The van der Waals surface area contributed by atoms with Gasteiger partial charge in [0.15, 0.2) is 0 Å².